The molecule has 9 heteroatoms. The van der Waals surface area contributed by atoms with Gasteiger partial charge in [0, 0.05) is 24.8 Å². The lowest BCUT2D eigenvalue weighted by Crippen LogP contribution is -2.51. The summed E-state index contributed by atoms with van der Waals surface area (Å²) in [6, 6.07) is 3.30. The number of anilines is 1. The van der Waals surface area contributed by atoms with Gasteiger partial charge in [0.05, 0.1) is 6.04 Å². The van der Waals surface area contributed by atoms with E-state index in [1.54, 1.807) is 13.1 Å². The summed E-state index contributed by atoms with van der Waals surface area (Å²) in [4.78, 5) is 44.4. The fourth-order valence-electron chi connectivity index (χ4n) is 4.63. The van der Waals surface area contributed by atoms with Gasteiger partial charge < -0.3 is 15.3 Å². The van der Waals surface area contributed by atoms with Gasteiger partial charge in [0.2, 0.25) is 5.91 Å². The first kappa shape index (κ1) is 21.8. The minimum Gasteiger partial charge on any atom is -0.480 e. The van der Waals surface area contributed by atoms with Crippen LogP contribution in [-0.4, -0.2) is 39.5 Å². The van der Waals surface area contributed by atoms with Gasteiger partial charge in [-0.25, -0.2) is 4.98 Å². The number of fused-ring (bicyclic) bond motifs is 1. The molecule has 2 aliphatic rings. The minimum atomic E-state index is -1.38. The molecule has 0 spiro atoms. The molecule has 9 nitrogen and oxygen atoms in total. The number of piperidine rings is 1. The van der Waals surface area contributed by atoms with Gasteiger partial charge >= 0.3 is 5.97 Å². The number of nitrogens with zero attached hydrogens (tertiary/aromatic N) is 4. The van der Waals surface area contributed by atoms with Crippen molar-refractivity contribution in [2.24, 2.45) is 5.41 Å². The zero-order chi connectivity index (χ0) is 23.0. The van der Waals surface area contributed by atoms with E-state index in [1.807, 2.05) is 24.0 Å². The van der Waals surface area contributed by atoms with Crippen molar-refractivity contribution < 1.29 is 14.7 Å². The highest BCUT2D eigenvalue weighted by molar-refractivity contribution is 6.03. The normalized spacial score (nSPS) is 18.5. The summed E-state index contributed by atoms with van der Waals surface area (Å²) in [5, 5.41) is 22.1. The summed E-state index contributed by atoms with van der Waals surface area (Å²) in [5.41, 5.74) is -0.0716. The number of nitrogens with one attached hydrogen (secondary N) is 1. The number of carboxylic acids is 1. The van der Waals surface area contributed by atoms with E-state index in [2.05, 4.69) is 5.32 Å². The van der Waals surface area contributed by atoms with Crippen LogP contribution in [0.4, 0.5) is 5.82 Å². The molecule has 3 heterocycles. The molecule has 1 saturated carbocycles. The van der Waals surface area contributed by atoms with Crippen LogP contribution in [0, 0.1) is 23.7 Å². The van der Waals surface area contributed by atoms with E-state index in [0.29, 0.717) is 36.3 Å². The van der Waals surface area contributed by atoms with Gasteiger partial charge in [-0.2, -0.15) is 5.26 Å². The largest absolute Gasteiger partial charge is 0.480 e. The molecule has 32 heavy (non-hydrogen) atoms. The maximum atomic E-state index is 13.2. The molecule has 0 bridgehead atoms. The standard InChI is InChI=1S/C23H27N5O4/c1-14-11-16(15(2)25-21(30)23(22(31)32)7-6-8-23)19-26-18(27-9-4-3-5-10-27)17(12-24)20(29)28(19)13-14/h11,13,15H,3-10H2,1-2H3,(H,25,30)(H,31,32)/t15-/m1/s1. The number of aliphatic carboxylic acids is 1. The van der Waals surface area contributed by atoms with Crippen molar-refractivity contribution in [3.05, 3.63) is 39.3 Å². The van der Waals surface area contributed by atoms with Crippen molar-refractivity contribution in [1.29, 1.82) is 5.26 Å². The smallest absolute Gasteiger partial charge is 0.319 e. The fraction of sp³-hybridized carbons (Fsp3) is 0.522. The number of carbonyl (C=O) groups is 2. The Morgan fingerprint density at radius 1 is 1.25 bits per heavy atom. The van der Waals surface area contributed by atoms with Crippen molar-refractivity contribution in [1.82, 2.24) is 14.7 Å². The Kier molecular flexibility index (Phi) is 5.63. The van der Waals surface area contributed by atoms with Gasteiger partial charge in [-0.15, -0.1) is 0 Å². The van der Waals surface area contributed by atoms with Crippen LogP contribution in [0.2, 0.25) is 0 Å². The molecule has 2 aromatic heterocycles. The molecule has 2 N–H and O–H groups in total. The van der Waals surface area contributed by atoms with Gasteiger partial charge in [-0.05, 0) is 57.6 Å². The SMILES string of the molecule is Cc1cc([C@@H](C)NC(=O)C2(C(=O)O)CCC2)c2nc(N3CCCCC3)c(C#N)c(=O)n2c1. The predicted molar refractivity (Wildman–Crippen MR) is 117 cm³/mol. The highest BCUT2D eigenvalue weighted by Gasteiger charge is 2.51. The summed E-state index contributed by atoms with van der Waals surface area (Å²) in [5.74, 6) is -1.25. The zero-order valence-corrected chi connectivity index (χ0v) is 18.3. The maximum absolute atomic E-state index is 13.2. The second-order valence-electron chi connectivity index (χ2n) is 8.88. The molecule has 168 valence electrons. The van der Waals surface area contributed by atoms with Gasteiger partial charge in [0.1, 0.15) is 17.1 Å². The van der Waals surface area contributed by atoms with Gasteiger partial charge in [0.15, 0.2) is 11.4 Å². The van der Waals surface area contributed by atoms with Crippen molar-refractivity contribution in [3.63, 3.8) is 0 Å². The summed E-state index contributed by atoms with van der Waals surface area (Å²) < 4.78 is 1.36. The second kappa shape index (κ2) is 8.26. The fourth-order valence-corrected chi connectivity index (χ4v) is 4.63. The lowest BCUT2D eigenvalue weighted by Gasteiger charge is -2.36. The van der Waals surface area contributed by atoms with Crippen LogP contribution in [0.15, 0.2) is 17.1 Å². The minimum absolute atomic E-state index is 0.0111. The van der Waals surface area contributed by atoms with Crippen molar-refractivity contribution in [3.8, 4) is 6.07 Å². The van der Waals surface area contributed by atoms with Crippen molar-refractivity contribution >= 4 is 23.3 Å². The van der Waals surface area contributed by atoms with Crippen LogP contribution >= 0.6 is 0 Å². The molecular weight excluding hydrogens is 410 g/mol. The topological polar surface area (TPSA) is 128 Å². The number of rotatable bonds is 5. The number of aromatic nitrogens is 2. The third kappa shape index (κ3) is 3.49. The number of aryl methyl sites for hydroxylation is 1. The van der Waals surface area contributed by atoms with E-state index in [4.69, 9.17) is 4.98 Å². The molecule has 1 aliphatic heterocycles. The average Bonchev–Trinajstić information content (AvgIpc) is 2.73. The Labute approximate surface area is 185 Å². The number of carboxylic acid groups (broad SMARTS) is 1. The lowest BCUT2D eigenvalue weighted by molar-refractivity contribution is -0.162. The number of amides is 1. The first-order valence-electron chi connectivity index (χ1n) is 11.0. The lowest BCUT2D eigenvalue weighted by atomic mass is 9.68. The average molecular weight is 438 g/mol. The number of hydrogen-bond acceptors (Lipinski definition) is 6. The van der Waals surface area contributed by atoms with Gasteiger partial charge in [-0.3, -0.25) is 18.8 Å². The monoisotopic (exact) mass is 437 g/mol. The van der Waals surface area contributed by atoms with Crippen LogP contribution in [0.1, 0.15) is 68.2 Å². The van der Waals surface area contributed by atoms with Crippen molar-refractivity contribution in [2.75, 3.05) is 18.0 Å². The Morgan fingerprint density at radius 2 is 1.94 bits per heavy atom. The van der Waals surface area contributed by atoms with Crippen LogP contribution in [-0.2, 0) is 9.59 Å². The molecule has 1 aliphatic carbocycles. The van der Waals surface area contributed by atoms with E-state index in [0.717, 1.165) is 37.9 Å². The quantitative estimate of drug-likeness (QED) is 0.687. The number of pyridine rings is 1. The van der Waals surface area contributed by atoms with E-state index in [1.165, 1.54) is 4.40 Å². The molecule has 2 aromatic rings. The van der Waals surface area contributed by atoms with E-state index in [9.17, 15) is 24.8 Å². The van der Waals surface area contributed by atoms with E-state index in [-0.39, 0.29) is 5.56 Å². The summed E-state index contributed by atoms with van der Waals surface area (Å²) in [6.45, 7) is 5.03. The van der Waals surface area contributed by atoms with Crippen LogP contribution in [0.5, 0.6) is 0 Å². The van der Waals surface area contributed by atoms with Gasteiger partial charge in [-0.1, -0.05) is 6.42 Å². The first-order chi connectivity index (χ1) is 15.3. The van der Waals surface area contributed by atoms with E-state index >= 15 is 0 Å². The number of carbonyl (C=O) groups excluding carboxylic acids is 1. The Balaban J connectivity index is 1.80. The molecule has 1 amide bonds. The zero-order valence-electron chi connectivity index (χ0n) is 18.3. The molecule has 0 aromatic carbocycles. The van der Waals surface area contributed by atoms with Crippen LogP contribution < -0.4 is 15.8 Å². The van der Waals surface area contributed by atoms with Gasteiger partial charge in [0.25, 0.3) is 5.56 Å². The highest BCUT2D eigenvalue weighted by Crippen LogP contribution is 2.42. The maximum Gasteiger partial charge on any atom is 0.319 e. The Morgan fingerprint density at radius 3 is 2.50 bits per heavy atom. The molecule has 0 unspecified atom stereocenters. The molecule has 1 atom stereocenters. The highest BCUT2D eigenvalue weighted by atomic mass is 16.4. The van der Waals surface area contributed by atoms with E-state index < -0.39 is 28.9 Å². The number of nitriles is 1. The summed E-state index contributed by atoms with van der Waals surface area (Å²) in [6.07, 6.45) is 6.01. The Hall–Kier alpha value is -3.41. The first-order valence-corrected chi connectivity index (χ1v) is 11.0. The molecule has 0 radical (unpaired) electrons. The Bertz CT molecular complexity index is 1190. The molecule has 4 rings (SSSR count). The third-order valence-corrected chi connectivity index (χ3v) is 6.70. The summed E-state index contributed by atoms with van der Waals surface area (Å²) >= 11 is 0. The summed E-state index contributed by atoms with van der Waals surface area (Å²) in [7, 11) is 0. The predicted octanol–water partition coefficient (Wildman–Crippen LogP) is 2.30. The van der Waals surface area contributed by atoms with Crippen molar-refractivity contribution in [2.45, 2.75) is 58.4 Å². The second-order valence-corrected chi connectivity index (χ2v) is 8.88. The van der Waals surface area contributed by atoms with Crippen LogP contribution in [0.3, 0.4) is 0 Å². The molecular formula is C23H27N5O4. The van der Waals surface area contributed by atoms with Crippen LogP contribution in [0.25, 0.3) is 5.65 Å². The third-order valence-electron chi connectivity index (χ3n) is 6.70. The molecule has 1 saturated heterocycles. The number of hydrogen-bond donors (Lipinski definition) is 2. The molecule has 2 fully saturated rings.